The highest BCUT2D eigenvalue weighted by Crippen LogP contribution is 2.29. The standard InChI is InChI=1S/C21H26N4O3/c1-15-17(21(27)24(2)3)13-22-20(23-15)18-11-7-8-12-25(18)19(26)14-28-16-9-5-4-6-10-16/h4-6,9-10,13,18H,7-8,11-12,14H2,1-3H3/t18-/m0/s1. The zero-order chi connectivity index (χ0) is 20.1. The number of nitrogens with zero attached hydrogens (tertiary/aromatic N) is 4. The maximum absolute atomic E-state index is 12.8. The lowest BCUT2D eigenvalue weighted by Crippen LogP contribution is -2.42. The van der Waals surface area contributed by atoms with E-state index < -0.39 is 0 Å². The number of carbonyl (C=O) groups excluding carboxylic acids is 2. The first kappa shape index (κ1) is 19.8. The first-order valence-electron chi connectivity index (χ1n) is 9.50. The van der Waals surface area contributed by atoms with Gasteiger partial charge in [-0.25, -0.2) is 9.97 Å². The van der Waals surface area contributed by atoms with Crippen LogP contribution in [0.4, 0.5) is 0 Å². The molecule has 1 aliphatic rings. The number of aryl methyl sites for hydroxylation is 1. The van der Waals surface area contributed by atoms with Crippen LogP contribution in [-0.2, 0) is 4.79 Å². The topological polar surface area (TPSA) is 75.6 Å². The first-order valence-corrected chi connectivity index (χ1v) is 9.50. The number of piperidine rings is 1. The van der Waals surface area contributed by atoms with Crippen LogP contribution in [0.2, 0.25) is 0 Å². The highest BCUT2D eigenvalue weighted by molar-refractivity contribution is 5.94. The number of carbonyl (C=O) groups is 2. The molecule has 0 saturated carbocycles. The van der Waals surface area contributed by atoms with E-state index in [4.69, 9.17) is 4.74 Å². The molecule has 7 heteroatoms. The molecule has 0 N–H and O–H groups in total. The van der Waals surface area contributed by atoms with Crippen LogP contribution in [0.3, 0.4) is 0 Å². The van der Waals surface area contributed by atoms with Crippen molar-refractivity contribution in [2.75, 3.05) is 27.2 Å². The average Bonchev–Trinajstić information content (AvgIpc) is 2.72. The van der Waals surface area contributed by atoms with Crippen LogP contribution in [0, 0.1) is 6.92 Å². The summed E-state index contributed by atoms with van der Waals surface area (Å²) in [7, 11) is 3.40. The zero-order valence-corrected chi connectivity index (χ0v) is 16.6. The lowest BCUT2D eigenvalue weighted by Gasteiger charge is -2.34. The molecule has 0 aliphatic carbocycles. The van der Waals surface area contributed by atoms with Crippen molar-refractivity contribution in [3.05, 3.63) is 53.6 Å². The fraction of sp³-hybridized carbons (Fsp3) is 0.429. The van der Waals surface area contributed by atoms with Crippen LogP contribution in [-0.4, -0.2) is 58.8 Å². The smallest absolute Gasteiger partial charge is 0.261 e. The van der Waals surface area contributed by atoms with E-state index in [-0.39, 0.29) is 24.5 Å². The molecule has 0 bridgehead atoms. The molecule has 1 aromatic heterocycles. The number of ether oxygens (including phenoxy) is 1. The number of para-hydroxylation sites is 1. The molecule has 1 atom stereocenters. The van der Waals surface area contributed by atoms with Crippen LogP contribution in [0.1, 0.15) is 47.2 Å². The van der Waals surface area contributed by atoms with E-state index in [9.17, 15) is 9.59 Å². The maximum Gasteiger partial charge on any atom is 0.261 e. The summed E-state index contributed by atoms with van der Waals surface area (Å²) in [5, 5.41) is 0. The van der Waals surface area contributed by atoms with Crippen molar-refractivity contribution in [3.63, 3.8) is 0 Å². The Morgan fingerprint density at radius 1 is 1.21 bits per heavy atom. The number of likely N-dealkylation sites (tertiary alicyclic amines) is 1. The second-order valence-corrected chi connectivity index (χ2v) is 7.13. The summed E-state index contributed by atoms with van der Waals surface area (Å²) in [5.41, 5.74) is 1.11. The van der Waals surface area contributed by atoms with Crippen molar-refractivity contribution in [1.29, 1.82) is 0 Å². The Kier molecular flexibility index (Phi) is 6.23. The minimum atomic E-state index is -0.192. The Bertz CT molecular complexity index is 839. The predicted molar refractivity (Wildman–Crippen MR) is 105 cm³/mol. The van der Waals surface area contributed by atoms with E-state index >= 15 is 0 Å². The van der Waals surface area contributed by atoms with Crippen molar-refractivity contribution >= 4 is 11.8 Å². The number of hydrogen-bond acceptors (Lipinski definition) is 5. The third kappa shape index (κ3) is 4.47. The van der Waals surface area contributed by atoms with Crippen molar-refractivity contribution < 1.29 is 14.3 Å². The minimum absolute atomic E-state index is 0.0172. The summed E-state index contributed by atoms with van der Waals surface area (Å²) in [6, 6.07) is 9.11. The van der Waals surface area contributed by atoms with Crippen molar-refractivity contribution in [3.8, 4) is 5.75 Å². The normalized spacial score (nSPS) is 16.5. The number of aromatic nitrogens is 2. The van der Waals surface area contributed by atoms with Gasteiger partial charge < -0.3 is 14.5 Å². The van der Waals surface area contributed by atoms with E-state index in [1.165, 1.54) is 4.90 Å². The summed E-state index contributed by atoms with van der Waals surface area (Å²) < 4.78 is 5.62. The van der Waals surface area contributed by atoms with Crippen molar-refractivity contribution in [1.82, 2.24) is 19.8 Å². The molecule has 2 heterocycles. The van der Waals surface area contributed by atoms with Crippen LogP contribution in [0.25, 0.3) is 0 Å². The highest BCUT2D eigenvalue weighted by atomic mass is 16.5. The van der Waals surface area contributed by atoms with Crippen molar-refractivity contribution in [2.24, 2.45) is 0 Å². The molecule has 0 unspecified atom stereocenters. The summed E-state index contributed by atoms with van der Waals surface area (Å²) in [6.07, 6.45) is 4.33. The molecule has 2 aromatic rings. The molecule has 1 saturated heterocycles. The van der Waals surface area contributed by atoms with Gasteiger partial charge in [-0.15, -0.1) is 0 Å². The highest BCUT2D eigenvalue weighted by Gasteiger charge is 2.30. The molecule has 0 radical (unpaired) electrons. The molecular weight excluding hydrogens is 356 g/mol. The lowest BCUT2D eigenvalue weighted by atomic mass is 10.0. The van der Waals surface area contributed by atoms with E-state index in [1.54, 1.807) is 32.1 Å². The third-order valence-electron chi connectivity index (χ3n) is 4.86. The molecule has 1 aliphatic heterocycles. The molecule has 2 amide bonds. The number of amides is 2. The quantitative estimate of drug-likeness (QED) is 0.795. The van der Waals surface area contributed by atoms with Crippen LogP contribution in [0.15, 0.2) is 36.5 Å². The van der Waals surface area contributed by atoms with E-state index in [1.807, 2.05) is 30.3 Å². The third-order valence-corrected chi connectivity index (χ3v) is 4.86. The number of hydrogen-bond donors (Lipinski definition) is 0. The summed E-state index contributed by atoms with van der Waals surface area (Å²) >= 11 is 0. The van der Waals surface area contributed by atoms with Crippen LogP contribution >= 0.6 is 0 Å². The second-order valence-electron chi connectivity index (χ2n) is 7.13. The number of rotatable bonds is 5. The van der Waals surface area contributed by atoms with Gasteiger partial charge in [-0.2, -0.15) is 0 Å². The molecule has 0 spiro atoms. The number of benzene rings is 1. The minimum Gasteiger partial charge on any atom is -0.484 e. The largest absolute Gasteiger partial charge is 0.484 e. The molecular formula is C21H26N4O3. The zero-order valence-electron chi connectivity index (χ0n) is 16.6. The Morgan fingerprint density at radius 2 is 1.96 bits per heavy atom. The summed E-state index contributed by atoms with van der Waals surface area (Å²) in [6.45, 7) is 2.44. The molecule has 3 rings (SSSR count). The van der Waals surface area contributed by atoms with Gasteiger partial charge in [-0.3, -0.25) is 9.59 Å². The van der Waals surface area contributed by atoms with Gasteiger partial charge in [0.05, 0.1) is 17.3 Å². The summed E-state index contributed by atoms with van der Waals surface area (Å²) in [4.78, 5) is 37.3. The van der Waals surface area contributed by atoms with Gasteiger partial charge in [-0.1, -0.05) is 18.2 Å². The van der Waals surface area contributed by atoms with Gasteiger partial charge in [-0.05, 0) is 38.3 Å². The predicted octanol–water partition coefficient (Wildman–Crippen LogP) is 2.62. The van der Waals surface area contributed by atoms with E-state index in [0.717, 1.165) is 19.3 Å². The Balaban J connectivity index is 1.74. The molecule has 148 valence electrons. The Morgan fingerprint density at radius 3 is 2.64 bits per heavy atom. The van der Waals surface area contributed by atoms with Gasteiger partial charge >= 0.3 is 0 Å². The van der Waals surface area contributed by atoms with Crippen LogP contribution in [0.5, 0.6) is 5.75 Å². The summed E-state index contributed by atoms with van der Waals surface area (Å²) in [5.74, 6) is 1.05. The Hall–Kier alpha value is -2.96. The average molecular weight is 382 g/mol. The van der Waals surface area contributed by atoms with Gasteiger partial charge in [0.1, 0.15) is 5.75 Å². The molecule has 1 fully saturated rings. The van der Waals surface area contributed by atoms with Crippen molar-refractivity contribution in [2.45, 2.75) is 32.2 Å². The molecule has 7 nitrogen and oxygen atoms in total. The van der Waals surface area contributed by atoms with E-state index in [2.05, 4.69) is 9.97 Å². The fourth-order valence-electron chi connectivity index (χ4n) is 3.34. The van der Waals surface area contributed by atoms with Gasteiger partial charge in [0.2, 0.25) is 0 Å². The van der Waals surface area contributed by atoms with Crippen LogP contribution < -0.4 is 4.74 Å². The van der Waals surface area contributed by atoms with Gasteiger partial charge in [0.25, 0.3) is 11.8 Å². The van der Waals surface area contributed by atoms with E-state index in [0.29, 0.717) is 29.4 Å². The Labute approximate surface area is 165 Å². The van der Waals surface area contributed by atoms with Gasteiger partial charge in [0, 0.05) is 26.8 Å². The monoisotopic (exact) mass is 382 g/mol. The first-order chi connectivity index (χ1) is 13.5. The fourth-order valence-corrected chi connectivity index (χ4v) is 3.34. The molecule has 28 heavy (non-hydrogen) atoms. The SMILES string of the molecule is Cc1nc([C@@H]2CCCCN2C(=O)COc2ccccc2)ncc1C(=O)N(C)C. The lowest BCUT2D eigenvalue weighted by molar-refractivity contribution is -0.137. The second kappa shape index (κ2) is 8.82. The van der Waals surface area contributed by atoms with Gasteiger partial charge in [0.15, 0.2) is 12.4 Å². The molecule has 1 aromatic carbocycles. The maximum atomic E-state index is 12.8.